The van der Waals surface area contributed by atoms with Crippen LogP contribution in [0.25, 0.3) is 0 Å². The highest BCUT2D eigenvalue weighted by molar-refractivity contribution is 5.06. The maximum atomic E-state index is 5.93. The Morgan fingerprint density at radius 1 is 1.29 bits per heavy atom. The summed E-state index contributed by atoms with van der Waals surface area (Å²) in [7, 11) is 1.96. The van der Waals surface area contributed by atoms with Crippen LogP contribution in [0.1, 0.15) is 52.5 Å². The largest absolute Gasteiger partial charge is 0.297 e. The fraction of sp³-hybridized carbons (Fsp3) is 0.812. The third kappa shape index (κ3) is 4.05. The topological polar surface area (TPSA) is 59.1 Å². The smallest absolute Gasteiger partial charge is 0.0521 e. The van der Waals surface area contributed by atoms with Gasteiger partial charge in [-0.05, 0) is 44.3 Å². The van der Waals surface area contributed by atoms with Crippen molar-refractivity contribution in [3.05, 3.63) is 18.0 Å². The molecule has 21 heavy (non-hydrogen) atoms. The standard InChI is InChI=1S/C16H33N5/c1-6-16(7-2,21(8-3)9-4)15(19-17)11-10-14-12-18-20(5)13-14/h12-13,15,19H,6-11,17H2,1-5H3. The van der Waals surface area contributed by atoms with Crippen molar-refractivity contribution in [1.82, 2.24) is 20.1 Å². The number of hydrogen-bond donors (Lipinski definition) is 2. The van der Waals surface area contributed by atoms with Gasteiger partial charge in [-0.2, -0.15) is 5.10 Å². The first-order valence-corrected chi connectivity index (χ1v) is 8.26. The van der Waals surface area contributed by atoms with E-state index in [-0.39, 0.29) is 11.6 Å². The molecule has 0 aliphatic carbocycles. The molecule has 0 radical (unpaired) electrons. The molecule has 0 aliphatic heterocycles. The van der Waals surface area contributed by atoms with Crippen molar-refractivity contribution >= 4 is 0 Å². The van der Waals surface area contributed by atoms with Gasteiger partial charge in [0.1, 0.15) is 0 Å². The Balaban J connectivity index is 2.86. The summed E-state index contributed by atoms with van der Waals surface area (Å²) >= 11 is 0. The van der Waals surface area contributed by atoms with Crippen molar-refractivity contribution in [1.29, 1.82) is 0 Å². The van der Waals surface area contributed by atoms with Crippen molar-refractivity contribution in [2.45, 2.75) is 65.0 Å². The second kappa shape index (κ2) is 8.51. The maximum Gasteiger partial charge on any atom is 0.0521 e. The monoisotopic (exact) mass is 295 g/mol. The fourth-order valence-corrected chi connectivity index (χ4v) is 3.68. The van der Waals surface area contributed by atoms with Crippen molar-refractivity contribution in [2.75, 3.05) is 13.1 Å². The average molecular weight is 295 g/mol. The number of nitrogens with one attached hydrogen (secondary N) is 1. The molecule has 0 aliphatic rings. The van der Waals surface area contributed by atoms with E-state index in [0.29, 0.717) is 0 Å². The van der Waals surface area contributed by atoms with E-state index in [1.165, 1.54) is 5.56 Å². The van der Waals surface area contributed by atoms with Gasteiger partial charge in [0.15, 0.2) is 0 Å². The molecule has 5 nitrogen and oxygen atoms in total. The molecule has 0 saturated heterocycles. The predicted molar refractivity (Wildman–Crippen MR) is 88.9 cm³/mol. The van der Waals surface area contributed by atoms with Crippen molar-refractivity contribution in [2.24, 2.45) is 12.9 Å². The van der Waals surface area contributed by atoms with Crippen LogP contribution in [-0.2, 0) is 13.5 Å². The third-order valence-corrected chi connectivity index (χ3v) is 4.95. The third-order valence-electron chi connectivity index (χ3n) is 4.95. The van der Waals surface area contributed by atoms with Crippen LogP contribution >= 0.6 is 0 Å². The van der Waals surface area contributed by atoms with Crippen LogP contribution in [0.15, 0.2) is 12.4 Å². The molecule has 0 aromatic carbocycles. The zero-order valence-corrected chi connectivity index (χ0v) is 14.4. The van der Waals surface area contributed by atoms with Crippen LogP contribution in [-0.4, -0.2) is 39.4 Å². The summed E-state index contributed by atoms with van der Waals surface area (Å²) in [5.41, 5.74) is 4.50. The first-order chi connectivity index (χ1) is 10.1. The number of hydrazine groups is 1. The summed E-state index contributed by atoms with van der Waals surface area (Å²) in [6, 6.07) is 0.285. The van der Waals surface area contributed by atoms with E-state index in [9.17, 15) is 0 Å². The van der Waals surface area contributed by atoms with Crippen LogP contribution in [0.4, 0.5) is 0 Å². The zero-order valence-electron chi connectivity index (χ0n) is 14.4. The van der Waals surface area contributed by atoms with Gasteiger partial charge in [0, 0.05) is 24.8 Å². The van der Waals surface area contributed by atoms with Gasteiger partial charge in [-0.3, -0.25) is 20.9 Å². The Hall–Kier alpha value is -0.910. The molecule has 0 saturated carbocycles. The van der Waals surface area contributed by atoms with E-state index >= 15 is 0 Å². The molecule has 1 unspecified atom stereocenters. The Labute approximate surface area is 129 Å². The second-order valence-electron chi connectivity index (χ2n) is 5.76. The summed E-state index contributed by atoms with van der Waals surface area (Å²) < 4.78 is 1.86. The van der Waals surface area contributed by atoms with Gasteiger partial charge < -0.3 is 0 Å². The molecule has 3 N–H and O–H groups in total. The van der Waals surface area contributed by atoms with Gasteiger partial charge in [-0.25, -0.2) is 0 Å². The first kappa shape index (κ1) is 18.1. The van der Waals surface area contributed by atoms with Gasteiger partial charge in [-0.15, -0.1) is 0 Å². The molecule has 1 aromatic heterocycles. The van der Waals surface area contributed by atoms with Crippen LogP contribution in [0.5, 0.6) is 0 Å². The molecule has 122 valence electrons. The lowest BCUT2D eigenvalue weighted by atomic mass is 9.80. The lowest BCUT2D eigenvalue weighted by Crippen LogP contribution is -2.62. The molecule has 1 aromatic rings. The quantitative estimate of drug-likeness (QED) is 0.512. The van der Waals surface area contributed by atoms with Gasteiger partial charge in [0.2, 0.25) is 0 Å². The SMILES string of the molecule is CCN(CC)C(CC)(CC)C(CCc1cnn(C)c1)NN. The maximum absolute atomic E-state index is 5.93. The zero-order chi connectivity index (χ0) is 15.9. The average Bonchev–Trinajstić information content (AvgIpc) is 2.92. The highest BCUT2D eigenvalue weighted by Gasteiger charge is 2.39. The van der Waals surface area contributed by atoms with Crippen molar-refractivity contribution in [3.8, 4) is 0 Å². The fourth-order valence-electron chi connectivity index (χ4n) is 3.68. The van der Waals surface area contributed by atoms with Crippen LogP contribution in [0.2, 0.25) is 0 Å². The Bertz CT molecular complexity index is 393. The van der Waals surface area contributed by atoms with Crippen molar-refractivity contribution in [3.63, 3.8) is 0 Å². The predicted octanol–water partition coefficient (Wildman–Crippen LogP) is 2.09. The highest BCUT2D eigenvalue weighted by atomic mass is 15.3. The van der Waals surface area contributed by atoms with E-state index in [1.54, 1.807) is 0 Å². The summed E-state index contributed by atoms with van der Waals surface area (Å²) in [6.45, 7) is 11.1. The number of hydrogen-bond acceptors (Lipinski definition) is 4. The number of nitrogens with zero attached hydrogens (tertiary/aromatic N) is 3. The minimum absolute atomic E-state index is 0.125. The second-order valence-corrected chi connectivity index (χ2v) is 5.76. The van der Waals surface area contributed by atoms with E-state index in [0.717, 1.165) is 38.8 Å². The van der Waals surface area contributed by atoms with Gasteiger partial charge in [0.05, 0.1) is 6.20 Å². The lowest BCUT2D eigenvalue weighted by Gasteiger charge is -2.47. The van der Waals surface area contributed by atoms with Gasteiger partial charge >= 0.3 is 0 Å². The van der Waals surface area contributed by atoms with E-state index in [1.807, 2.05) is 17.9 Å². The normalized spacial score (nSPS) is 13.9. The first-order valence-electron chi connectivity index (χ1n) is 8.26. The molecule has 1 atom stereocenters. The lowest BCUT2D eigenvalue weighted by molar-refractivity contribution is 0.0462. The molecule has 5 heteroatoms. The number of nitrogens with two attached hydrogens (primary N) is 1. The van der Waals surface area contributed by atoms with E-state index in [4.69, 9.17) is 5.84 Å². The molecule has 0 amide bonds. The van der Waals surface area contributed by atoms with E-state index in [2.05, 4.69) is 49.3 Å². The summed E-state index contributed by atoms with van der Waals surface area (Å²) in [6.07, 6.45) is 8.28. The van der Waals surface area contributed by atoms with Crippen molar-refractivity contribution < 1.29 is 0 Å². The number of likely N-dealkylation sites (N-methyl/N-ethyl adjacent to an activating group) is 1. The summed E-state index contributed by atoms with van der Waals surface area (Å²) in [4.78, 5) is 2.56. The number of aromatic nitrogens is 2. The minimum Gasteiger partial charge on any atom is -0.297 e. The molecule has 1 rings (SSSR count). The van der Waals surface area contributed by atoms with Gasteiger partial charge in [-0.1, -0.05) is 27.7 Å². The number of aryl methyl sites for hydroxylation is 2. The molecular formula is C16H33N5. The minimum atomic E-state index is 0.125. The molecular weight excluding hydrogens is 262 g/mol. The molecule has 0 spiro atoms. The summed E-state index contributed by atoms with van der Waals surface area (Å²) in [5.74, 6) is 5.93. The Morgan fingerprint density at radius 3 is 2.29 bits per heavy atom. The number of rotatable bonds is 10. The van der Waals surface area contributed by atoms with Crippen LogP contribution < -0.4 is 11.3 Å². The van der Waals surface area contributed by atoms with Crippen LogP contribution in [0, 0.1) is 0 Å². The van der Waals surface area contributed by atoms with Gasteiger partial charge in [0.25, 0.3) is 0 Å². The Morgan fingerprint density at radius 2 is 1.90 bits per heavy atom. The highest BCUT2D eigenvalue weighted by Crippen LogP contribution is 2.30. The molecule has 0 fully saturated rings. The Kier molecular flexibility index (Phi) is 7.35. The molecule has 1 heterocycles. The summed E-state index contributed by atoms with van der Waals surface area (Å²) in [5, 5.41) is 4.24. The molecule has 0 bridgehead atoms. The van der Waals surface area contributed by atoms with E-state index < -0.39 is 0 Å². The van der Waals surface area contributed by atoms with Crippen LogP contribution in [0.3, 0.4) is 0 Å².